The lowest BCUT2D eigenvalue weighted by molar-refractivity contribution is -0.135. The number of hydrogen-bond acceptors (Lipinski definition) is 3. The summed E-state index contributed by atoms with van der Waals surface area (Å²) in [4.78, 5) is 25.2. The summed E-state index contributed by atoms with van der Waals surface area (Å²) < 4.78 is 0. The highest BCUT2D eigenvalue weighted by molar-refractivity contribution is 7.99. The van der Waals surface area contributed by atoms with Gasteiger partial charge in [0.15, 0.2) is 0 Å². The SMILES string of the molecule is CC/C=C(\C)C(=O)N1CSC[C@H]1C(=O)NC. The van der Waals surface area contributed by atoms with E-state index in [9.17, 15) is 9.59 Å². The number of rotatable bonds is 3. The zero-order valence-electron chi connectivity index (χ0n) is 9.95. The van der Waals surface area contributed by atoms with E-state index in [0.717, 1.165) is 12.0 Å². The first-order chi connectivity index (χ1) is 7.61. The average Bonchev–Trinajstić information content (AvgIpc) is 2.76. The molecule has 0 aliphatic carbocycles. The van der Waals surface area contributed by atoms with Crippen molar-refractivity contribution in [1.82, 2.24) is 10.2 Å². The van der Waals surface area contributed by atoms with Crippen molar-refractivity contribution in [3.8, 4) is 0 Å². The molecule has 1 rings (SSSR count). The van der Waals surface area contributed by atoms with Crippen LogP contribution in [0.1, 0.15) is 20.3 Å². The van der Waals surface area contributed by atoms with E-state index in [1.807, 2.05) is 13.0 Å². The molecule has 5 heteroatoms. The van der Waals surface area contributed by atoms with Gasteiger partial charge in [0.1, 0.15) is 6.04 Å². The van der Waals surface area contributed by atoms with Crippen LogP contribution < -0.4 is 5.32 Å². The predicted octanol–water partition coefficient (Wildman–Crippen LogP) is 0.990. The molecule has 1 aliphatic heterocycles. The lowest BCUT2D eigenvalue weighted by Gasteiger charge is -2.22. The first-order valence-electron chi connectivity index (χ1n) is 5.38. The molecule has 4 nitrogen and oxygen atoms in total. The lowest BCUT2D eigenvalue weighted by Crippen LogP contribution is -2.46. The normalized spacial score (nSPS) is 21.1. The molecule has 0 radical (unpaired) electrons. The number of carbonyl (C=O) groups excluding carboxylic acids is 2. The Kier molecular flexibility index (Phi) is 4.86. The number of allylic oxidation sites excluding steroid dienone is 1. The third-order valence-electron chi connectivity index (χ3n) is 2.54. The molecule has 0 aromatic rings. The van der Waals surface area contributed by atoms with Crippen LogP contribution in [-0.4, -0.2) is 41.4 Å². The number of carbonyl (C=O) groups is 2. The van der Waals surface area contributed by atoms with Gasteiger partial charge in [-0.1, -0.05) is 13.0 Å². The number of hydrogen-bond donors (Lipinski definition) is 1. The summed E-state index contributed by atoms with van der Waals surface area (Å²) >= 11 is 1.61. The van der Waals surface area contributed by atoms with Gasteiger partial charge < -0.3 is 10.2 Å². The molecule has 0 aromatic heterocycles. The molecule has 90 valence electrons. The Labute approximate surface area is 100 Å². The Morgan fingerprint density at radius 3 is 2.81 bits per heavy atom. The Hall–Kier alpha value is -0.970. The molecule has 1 atom stereocenters. The number of nitrogens with zero attached hydrogens (tertiary/aromatic N) is 1. The molecule has 2 amide bonds. The van der Waals surface area contributed by atoms with Crippen molar-refractivity contribution in [1.29, 1.82) is 0 Å². The van der Waals surface area contributed by atoms with Crippen LogP contribution in [0.5, 0.6) is 0 Å². The van der Waals surface area contributed by atoms with Crippen LogP contribution in [0.15, 0.2) is 11.6 Å². The third kappa shape index (κ3) is 2.78. The van der Waals surface area contributed by atoms with E-state index in [4.69, 9.17) is 0 Å². The topological polar surface area (TPSA) is 49.4 Å². The van der Waals surface area contributed by atoms with Gasteiger partial charge in [0.25, 0.3) is 5.91 Å². The van der Waals surface area contributed by atoms with Crippen molar-refractivity contribution in [3.05, 3.63) is 11.6 Å². The minimum atomic E-state index is -0.317. The molecule has 16 heavy (non-hydrogen) atoms. The Bertz CT molecular complexity index is 315. The fraction of sp³-hybridized carbons (Fsp3) is 0.636. The van der Waals surface area contributed by atoms with Crippen LogP contribution in [-0.2, 0) is 9.59 Å². The number of likely N-dealkylation sites (N-methyl/N-ethyl adjacent to an activating group) is 1. The molecule has 1 fully saturated rings. The third-order valence-corrected chi connectivity index (χ3v) is 3.55. The van der Waals surface area contributed by atoms with Crippen LogP contribution in [0.2, 0.25) is 0 Å². The second-order valence-corrected chi connectivity index (χ2v) is 4.70. The van der Waals surface area contributed by atoms with Crippen LogP contribution in [0.25, 0.3) is 0 Å². The molecule has 0 saturated carbocycles. The molecule has 1 aliphatic rings. The van der Waals surface area contributed by atoms with Crippen molar-refractivity contribution < 1.29 is 9.59 Å². The van der Waals surface area contributed by atoms with E-state index in [-0.39, 0.29) is 17.9 Å². The van der Waals surface area contributed by atoms with E-state index >= 15 is 0 Å². The van der Waals surface area contributed by atoms with Gasteiger partial charge in [-0.25, -0.2) is 0 Å². The van der Waals surface area contributed by atoms with E-state index < -0.39 is 0 Å². The number of thioether (sulfide) groups is 1. The maximum absolute atomic E-state index is 12.0. The minimum absolute atomic E-state index is 0.0274. The predicted molar refractivity (Wildman–Crippen MR) is 66.1 cm³/mol. The summed E-state index contributed by atoms with van der Waals surface area (Å²) in [5.74, 6) is 1.18. The quantitative estimate of drug-likeness (QED) is 0.751. The second kappa shape index (κ2) is 5.94. The summed E-state index contributed by atoms with van der Waals surface area (Å²) in [6.07, 6.45) is 2.73. The van der Waals surface area contributed by atoms with Gasteiger partial charge in [0.05, 0.1) is 5.88 Å². The fourth-order valence-corrected chi connectivity index (χ4v) is 2.80. The van der Waals surface area contributed by atoms with Gasteiger partial charge in [-0.2, -0.15) is 0 Å². The average molecular weight is 242 g/mol. The molecule has 0 aromatic carbocycles. The molecule has 0 bridgehead atoms. The van der Waals surface area contributed by atoms with Crippen LogP contribution in [0.3, 0.4) is 0 Å². The summed E-state index contributed by atoms with van der Waals surface area (Å²) in [5, 5.41) is 2.60. The molecular formula is C11H18N2O2S. The van der Waals surface area contributed by atoms with E-state index in [1.54, 1.807) is 30.6 Å². The zero-order chi connectivity index (χ0) is 12.1. The Balaban J connectivity index is 2.75. The molecule has 1 saturated heterocycles. The smallest absolute Gasteiger partial charge is 0.250 e. The van der Waals surface area contributed by atoms with Gasteiger partial charge in [0, 0.05) is 18.4 Å². The van der Waals surface area contributed by atoms with Gasteiger partial charge in [0.2, 0.25) is 5.91 Å². The first kappa shape index (κ1) is 13.1. The maximum Gasteiger partial charge on any atom is 0.250 e. The van der Waals surface area contributed by atoms with Crippen molar-refractivity contribution in [3.63, 3.8) is 0 Å². The highest BCUT2D eigenvalue weighted by atomic mass is 32.2. The van der Waals surface area contributed by atoms with Crippen molar-refractivity contribution in [2.45, 2.75) is 26.3 Å². The second-order valence-electron chi connectivity index (χ2n) is 3.70. The zero-order valence-corrected chi connectivity index (χ0v) is 10.8. The van der Waals surface area contributed by atoms with Gasteiger partial charge in [-0.05, 0) is 13.3 Å². The van der Waals surface area contributed by atoms with Gasteiger partial charge >= 0.3 is 0 Å². The van der Waals surface area contributed by atoms with Crippen molar-refractivity contribution >= 4 is 23.6 Å². The van der Waals surface area contributed by atoms with E-state index in [2.05, 4.69) is 5.32 Å². The minimum Gasteiger partial charge on any atom is -0.357 e. The van der Waals surface area contributed by atoms with E-state index in [0.29, 0.717) is 11.6 Å². The molecule has 0 spiro atoms. The fourth-order valence-electron chi connectivity index (χ4n) is 1.65. The monoisotopic (exact) mass is 242 g/mol. The molecular weight excluding hydrogens is 224 g/mol. The van der Waals surface area contributed by atoms with E-state index in [1.165, 1.54) is 0 Å². The maximum atomic E-state index is 12.0. The summed E-state index contributed by atoms with van der Waals surface area (Å²) in [6, 6.07) is -0.317. The van der Waals surface area contributed by atoms with Crippen LogP contribution in [0, 0.1) is 0 Å². The Morgan fingerprint density at radius 1 is 1.56 bits per heavy atom. The largest absolute Gasteiger partial charge is 0.357 e. The number of amides is 2. The highest BCUT2D eigenvalue weighted by Gasteiger charge is 2.34. The molecule has 1 N–H and O–H groups in total. The molecule has 1 heterocycles. The van der Waals surface area contributed by atoms with Gasteiger partial charge in [-0.15, -0.1) is 11.8 Å². The number of nitrogens with one attached hydrogen (secondary N) is 1. The van der Waals surface area contributed by atoms with Crippen LogP contribution in [0.4, 0.5) is 0 Å². The first-order valence-corrected chi connectivity index (χ1v) is 6.54. The van der Waals surface area contributed by atoms with Crippen molar-refractivity contribution in [2.75, 3.05) is 18.7 Å². The van der Waals surface area contributed by atoms with Crippen molar-refractivity contribution in [2.24, 2.45) is 0 Å². The summed E-state index contributed by atoms with van der Waals surface area (Å²) in [7, 11) is 1.60. The standard InChI is InChI=1S/C11H18N2O2S/c1-4-5-8(2)11(15)13-7-16-6-9(13)10(14)12-3/h5,9H,4,6-7H2,1-3H3,(H,12,14)/b8-5+/t9-/m0/s1. The van der Waals surface area contributed by atoms with Crippen LogP contribution >= 0.6 is 11.8 Å². The highest BCUT2D eigenvalue weighted by Crippen LogP contribution is 2.22. The lowest BCUT2D eigenvalue weighted by atomic mass is 10.2. The molecule has 0 unspecified atom stereocenters. The summed E-state index contributed by atoms with van der Waals surface area (Å²) in [6.45, 7) is 3.79. The van der Waals surface area contributed by atoms with Gasteiger partial charge in [-0.3, -0.25) is 9.59 Å². The summed E-state index contributed by atoms with van der Waals surface area (Å²) in [5.41, 5.74) is 0.721. The Morgan fingerprint density at radius 2 is 2.25 bits per heavy atom.